The van der Waals surface area contributed by atoms with Crippen molar-refractivity contribution in [3.63, 3.8) is 0 Å². The Balaban J connectivity index is 2.78. The Bertz CT molecular complexity index is 447. The minimum atomic E-state index is -0.670. The minimum absolute atomic E-state index is 0.126. The molecule has 2 N–H and O–H groups in total. The summed E-state index contributed by atoms with van der Waals surface area (Å²) in [6.45, 7) is 3.82. The summed E-state index contributed by atoms with van der Waals surface area (Å²) in [7, 11) is 1.68. The molecule has 18 heavy (non-hydrogen) atoms. The molecule has 1 rings (SSSR count). The summed E-state index contributed by atoms with van der Waals surface area (Å²) in [5.41, 5.74) is 7.87. The third-order valence-corrected chi connectivity index (χ3v) is 3.10. The second kappa shape index (κ2) is 6.18. The van der Waals surface area contributed by atoms with Crippen molar-refractivity contribution in [1.82, 2.24) is 4.90 Å². The fraction of sp³-hybridized carbons (Fsp3) is 0.429. The molecule has 0 bridgehead atoms. The molecule has 4 nitrogen and oxygen atoms in total. The van der Waals surface area contributed by atoms with E-state index in [1.54, 1.807) is 7.05 Å². The Kier molecular flexibility index (Phi) is 4.87. The number of carbonyl (C=O) groups excluding carboxylic acids is 1. The van der Waals surface area contributed by atoms with Crippen molar-refractivity contribution in [2.24, 2.45) is 5.73 Å². The second-order valence-electron chi connectivity index (χ2n) is 4.55. The summed E-state index contributed by atoms with van der Waals surface area (Å²) in [5.74, 6) is -0.165. The molecule has 0 radical (unpaired) electrons. The van der Waals surface area contributed by atoms with E-state index in [2.05, 4.69) is 6.07 Å². The Labute approximate surface area is 108 Å². The van der Waals surface area contributed by atoms with Gasteiger partial charge in [0.1, 0.15) is 6.04 Å². The van der Waals surface area contributed by atoms with Gasteiger partial charge < -0.3 is 10.6 Å². The van der Waals surface area contributed by atoms with Crippen LogP contribution < -0.4 is 5.73 Å². The maximum absolute atomic E-state index is 12.1. The normalized spacial score (nSPS) is 13.5. The molecule has 0 aliphatic carbocycles. The molecule has 0 heterocycles. The maximum Gasteiger partial charge on any atom is 0.244 e. The number of aryl methyl sites for hydroxylation is 1. The lowest BCUT2D eigenvalue weighted by Gasteiger charge is -2.26. The third kappa shape index (κ3) is 3.31. The van der Waals surface area contributed by atoms with Gasteiger partial charge in [-0.25, -0.2) is 0 Å². The van der Waals surface area contributed by atoms with Gasteiger partial charge in [0.25, 0.3) is 0 Å². The van der Waals surface area contributed by atoms with Gasteiger partial charge >= 0.3 is 0 Å². The van der Waals surface area contributed by atoms with E-state index in [9.17, 15) is 4.79 Å². The predicted molar refractivity (Wildman–Crippen MR) is 70.6 cm³/mol. The van der Waals surface area contributed by atoms with E-state index in [0.29, 0.717) is 6.42 Å². The lowest BCUT2D eigenvalue weighted by Crippen LogP contribution is -2.40. The van der Waals surface area contributed by atoms with Crippen LogP contribution in [-0.4, -0.2) is 23.9 Å². The first-order chi connectivity index (χ1) is 8.47. The predicted octanol–water partition coefficient (Wildman–Crippen LogP) is 1.76. The molecule has 0 saturated carbocycles. The summed E-state index contributed by atoms with van der Waals surface area (Å²) in [4.78, 5) is 13.7. The molecule has 1 amide bonds. The van der Waals surface area contributed by atoms with Crippen molar-refractivity contribution in [2.45, 2.75) is 32.4 Å². The number of benzene rings is 1. The van der Waals surface area contributed by atoms with Gasteiger partial charge in [-0.3, -0.25) is 4.79 Å². The Morgan fingerprint density at radius 2 is 2.00 bits per heavy atom. The highest BCUT2D eigenvalue weighted by Gasteiger charge is 2.22. The van der Waals surface area contributed by atoms with Crippen LogP contribution in [0.1, 0.15) is 30.5 Å². The van der Waals surface area contributed by atoms with Crippen LogP contribution in [0.4, 0.5) is 0 Å². The molecule has 2 unspecified atom stereocenters. The quantitative estimate of drug-likeness (QED) is 0.878. The van der Waals surface area contributed by atoms with E-state index < -0.39 is 6.04 Å². The van der Waals surface area contributed by atoms with Crippen LogP contribution >= 0.6 is 0 Å². The van der Waals surface area contributed by atoms with E-state index in [0.717, 1.165) is 11.1 Å². The van der Waals surface area contributed by atoms with Gasteiger partial charge in [0.05, 0.1) is 12.5 Å². The highest BCUT2D eigenvalue weighted by atomic mass is 16.2. The number of hydrogen-bond acceptors (Lipinski definition) is 3. The molecule has 0 aliphatic heterocycles. The van der Waals surface area contributed by atoms with Crippen LogP contribution in [0, 0.1) is 18.3 Å². The first kappa shape index (κ1) is 14.2. The number of nitrogens with two attached hydrogens (primary N) is 1. The lowest BCUT2D eigenvalue weighted by atomic mass is 10.0. The topological polar surface area (TPSA) is 70.1 Å². The van der Waals surface area contributed by atoms with Crippen molar-refractivity contribution in [3.8, 4) is 6.07 Å². The van der Waals surface area contributed by atoms with Crippen LogP contribution in [-0.2, 0) is 4.79 Å². The van der Waals surface area contributed by atoms with Crippen molar-refractivity contribution in [2.75, 3.05) is 7.05 Å². The molecule has 0 spiro atoms. The first-order valence-corrected chi connectivity index (χ1v) is 5.93. The van der Waals surface area contributed by atoms with Crippen LogP contribution in [0.3, 0.4) is 0 Å². The fourth-order valence-electron chi connectivity index (χ4n) is 1.62. The van der Waals surface area contributed by atoms with Gasteiger partial charge in [-0.1, -0.05) is 29.8 Å². The lowest BCUT2D eigenvalue weighted by molar-refractivity contribution is -0.133. The van der Waals surface area contributed by atoms with Crippen LogP contribution in [0.15, 0.2) is 24.3 Å². The monoisotopic (exact) mass is 245 g/mol. The largest absolute Gasteiger partial charge is 0.340 e. The maximum atomic E-state index is 12.1. The van der Waals surface area contributed by atoms with E-state index in [-0.39, 0.29) is 11.9 Å². The van der Waals surface area contributed by atoms with E-state index >= 15 is 0 Å². The molecule has 0 aromatic heterocycles. The summed E-state index contributed by atoms with van der Waals surface area (Å²) in [6.07, 6.45) is 0.308. The molecule has 0 aliphatic rings. The summed E-state index contributed by atoms with van der Waals surface area (Å²) < 4.78 is 0. The van der Waals surface area contributed by atoms with Gasteiger partial charge in [-0.05, 0) is 19.4 Å². The van der Waals surface area contributed by atoms with Crippen molar-refractivity contribution in [3.05, 3.63) is 35.4 Å². The number of amides is 1. The second-order valence-corrected chi connectivity index (χ2v) is 4.55. The standard InChI is InChI=1S/C14H19N3O/c1-10-4-6-12(7-5-10)13(16)14(18)17(3)11(2)8-9-15/h4-7,11,13H,8,16H2,1-3H3. The Morgan fingerprint density at radius 1 is 1.44 bits per heavy atom. The highest BCUT2D eigenvalue weighted by molar-refractivity contribution is 5.83. The number of hydrogen-bond donors (Lipinski definition) is 1. The van der Waals surface area contributed by atoms with E-state index in [4.69, 9.17) is 11.0 Å². The van der Waals surface area contributed by atoms with Gasteiger partial charge in [-0.15, -0.1) is 0 Å². The summed E-state index contributed by atoms with van der Waals surface area (Å²) >= 11 is 0. The zero-order valence-corrected chi connectivity index (χ0v) is 11.1. The average Bonchev–Trinajstić information content (AvgIpc) is 2.37. The number of rotatable bonds is 4. The zero-order valence-electron chi connectivity index (χ0n) is 11.1. The zero-order chi connectivity index (χ0) is 13.7. The van der Waals surface area contributed by atoms with Crippen molar-refractivity contribution < 1.29 is 4.79 Å². The fourth-order valence-corrected chi connectivity index (χ4v) is 1.62. The minimum Gasteiger partial charge on any atom is -0.340 e. The van der Waals surface area contributed by atoms with Crippen molar-refractivity contribution >= 4 is 5.91 Å². The number of carbonyl (C=O) groups is 1. The third-order valence-electron chi connectivity index (χ3n) is 3.10. The SMILES string of the molecule is Cc1ccc(C(N)C(=O)N(C)C(C)CC#N)cc1. The molecule has 0 saturated heterocycles. The molecule has 2 atom stereocenters. The summed E-state index contributed by atoms with van der Waals surface area (Å²) in [5, 5.41) is 8.63. The van der Waals surface area contributed by atoms with Gasteiger partial charge in [0, 0.05) is 13.1 Å². The van der Waals surface area contributed by atoms with Crippen LogP contribution in [0.25, 0.3) is 0 Å². The number of likely N-dealkylation sites (N-methyl/N-ethyl adjacent to an activating group) is 1. The number of nitriles is 1. The molecule has 96 valence electrons. The Hall–Kier alpha value is -1.86. The van der Waals surface area contributed by atoms with Gasteiger partial charge in [0.15, 0.2) is 0 Å². The van der Waals surface area contributed by atoms with Gasteiger partial charge in [0.2, 0.25) is 5.91 Å². The van der Waals surface area contributed by atoms with Crippen LogP contribution in [0.2, 0.25) is 0 Å². The van der Waals surface area contributed by atoms with Crippen LogP contribution in [0.5, 0.6) is 0 Å². The molecular formula is C14H19N3O. The molecule has 1 aromatic rings. The van der Waals surface area contributed by atoms with Crippen molar-refractivity contribution in [1.29, 1.82) is 5.26 Å². The van der Waals surface area contributed by atoms with E-state index in [1.807, 2.05) is 38.1 Å². The number of nitrogens with zero attached hydrogens (tertiary/aromatic N) is 2. The molecule has 1 aromatic carbocycles. The molecular weight excluding hydrogens is 226 g/mol. The smallest absolute Gasteiger partial charge is 0.244 e. The summed E-state index contributed by atoms with van der Waals surface area (Å²) in [6, 6.07) is 8.85. The Morgan fingerprint density at radius 3 is 2.50 bits per heavy atom. The van der Waals surface area contributed by atoms with Gasteiger partial charge in [-0.2, -0.15) is 5.26 Å². The highest BCUT2D eigenvalue weighted by Crippen LogP contribution is 2.15. The molecule has 0 fully saturated rings. The molecule has 4 heteroatoms. The van der Waals surface area contributed by atoms with E-state index in [1.165, 1.54) is 4.90 Å². The first-order valence-electron chi connectivity index (χ1n) is 5.93. The average molecular weight is 245 g/mol.